The second-order valence-corrected chi connectivity index (χ2v) is 7.81. The van der Waals surface area contributed by atoms with Crippen LogP contribution in [0.3, 0.4) is 0 Å². The molecule has 166 valence electrons. The van der Waals surface area contributed by atoms with Crippen LogP contribution in [-0.4, -0.2) is 34.7 Å². The van der Waals surface area contributed by atoms with E-state index < -0.39 is 11.8 Å². The standard InChI is InChI=1S/C25H27ClN4O2/c1-18-21(23(26)30(2)29-18)17-22(24(31)27-15-13-19-9-5-3-6-10-19)25(32)28-16-14-20-11-7-4-8-12-20/h3-12,17H,13-16H2,1-2H3,(H,27,31)(H,28,32). The lowest BCUT2D eigenvalue weighted by Gasteiger charge is -2.11. The Kier molecular flexibility index (Phi) is 8.22. The second kappa shape index (κ2) is 11.3. The van der Waals surface area contributed by atoms with E-state index in [0.29, 0.717) is 42.3 Å². The number of hydrogen-bond donors (Lipinski definition) is 2. The zero-order valence-electron chi connectivity index (χ0n) is 18.3. The Balaban J connectivity index is 1.71. The Hall–Kier alpha value is -3.38. The summed E-state index contributed by atoms with van der Waals surface area (Å²) in [5, 5.41) is 10.3. The van der Waals surface area contributed by atoms with Gasteiger partial charge < -0.3 is 10.6 Å². The van der Waals surface area contributed by atoms with Crippen LogP contribution in [0.1, 0.15) is 22.4 Å². The molecule has 2 N–H and O–H groups in total. The number of halogens is 1. The molecule has 2 amide bonds. The van der Waals surface area contributed by atoms with Gasteiger partial charge in [-0.3, -0.25) is 14.3 Å². The van der Waals surface area contributed by atoms with E-state index in [4.69, 9.17) is 11.6 Å². The molecule has 1 heterocycles. The lowest BCUT2D eigenvalue weighted by Crippen LogP contribution is -2.36. The summed E-state index contributed by atoms with van der Waals surface area (Å²) in [5.41, 5.74) is 3.42. The molecule has 1 aromatic heterocycles. The maximum atomic E-state index is 12.9. The third kappa shape index (κ3) is 6.31. The molecule has 6 nitrogen and oxygen atoms in total. The smallest absolute Gasteiger partial charge is 0.256 e. The zero-order chi connectivity index (χ0) is 22.9. The lowest BCUT2D eigenvalue weighted by atomic mass is 10.1. The Morgan fingerprint density at radius 1 is 0.906 bits per heavy atom. The summed E-state index contributed by atoms with van der Waals surface area (Å²) in [6.07, 6.45) is 2.85. The molecular formula is C25H27ClN4O2. The summed E-state index contributed by atoms with van der Waals surface area (Å²) in [5.74, 6) is -0.894. The third-order valence-corrected chi connectivity index (χ3v) is 5.51. The van der Waals surface area contributed by atoms with Crippen LogP contribution in [-0.2, 0) is 29.5 Å². The quantitative estimate of drug-likeness (QED) is 0.297. The average Bonchev–Trinajstić information content (AvgIpc) is 3.04. The van der Waals surface area contributed by atoms with Crippen LogP contribution in [0.4, 0.5) is 0 Å². The molecular weight excluding hydrogens is 424 g/mol. The van der Waals surface area contributed by atoms with Crippen molar-refractivity contribution in [2.24, 2.45) is 7.05 Å². The Labute approximate surface area is 193 Å². The van der Waals surface area contributed by atoms with Crippen molar-refractivity contribution >= 4 is 29.5 Å². The highest BCUT2D eigenvalue weighted by atomic mass is 35.5. The lowest BCUT2D eigenvalue weighted by molar-refractivity contribution is -0.123. The van der Waals surface area contributed by atoms with Crippen molar-refractivity contribution < 1.29 is 9.59 Å². The number of nitrogens with zero attached hydrogens (tertiary/aromatic N) is 2. The maximum Gasteiger partial charge on any atom is 0.256 e. The van der Waals surface area contributed by atoms with Crippen LogP contribution < -0.4 is 10.6 Å². The fourth-order valence-electron chi connectivity index (χ4n) is 3.31. The van der Waals surface area contributed by atoms with Crippen LogP contribution in [0.5, 0.6) is 0 Å². The largest absolute Gasteiger partial charge is 0.352 e. The van der Waals surface area contributed by atoms with Gasteiger partial charge in [0.2, 0.25) is 0 Å². The Bertz CT molecular complexity index is 1030. The Morgan fingerprint density at radius 3 is 1.78 bits per heavy atom. The highest BCUT2D eigenvalue weighted by Crippen LogP contribution is 2.22. The normalized spacial score (nSPS) is 10.5. The highest BCUT2D eigenvalue weighted by molar-refractivity contribution is 6.32. The average molecular weight is 451 g/mol. The van der Waals surface area contributed by atoms with Crippen LogP contribution in [0.15, 0.2) is 66.2 Å². The monoisotopic (exact) mass is 450 g/mol. The SMILES string of the molecule is Cc1nn(C)c(Cl)c1C=C(C(=O)NCCc1ccccc1)C(=O)NCCc1ccccc1. The van der Waals surface area contributed by atoms with Gasteiger partial charge in [0.1, 0.15) is 10.7 Å². The third-order valence-electron chi connectivity index (χ3n) is 5.06. The van der Waals surface area contributed by atoms with Crippen LogP contribution in [0.2, 0.25) is 5.15 Å². The molecule has 0 bridgehead atoms. The van der Waals surface area contributed by atoms with Gasteiger partial charge in [0, 0.05) is 25.7 Å². The van der Waals surface area contributed by atoms with Crippen molar-refractivity contribution in [1.82, 2.24) is 20.4 Å². The molecule has 32 heavy (non-hydrogen) atoms. The van der Waals surface area contributed by atoms with Gasteiger partial charge >= 0.3 is 0 Å². The number of hydrogen-bond acceptors (Lipinski definition) is 3. The maximum absolute atomic E-state index is 12.9. The van der Waals surface area contributed by atoms with E-state index in [1.54, 1.807) is 14.0 Å². The first kappa shape index (κ1) is 23.3. The molecule has 0 saturated carbocycles. The van der Waals surface area contributed by atoms with Crippen molar-refractivity contribution in [2.45, 2.75) is 19.8 Å². The molecule has 0 spiro atoms. The molecule has 7 heteroatoms. The predicted molar refractivity (Wildman–Crippen MR) is 127 cm³/mol. The predicted octanol–water partition coefficient (Wildman–Crippen LogP) is 3.48. The zero-order valence-corrected chi connectivity index (χ0v) is 19.0. The number of nitrogens with one attached hydrogen (secondary N) is 2. The second-order valence-electron chi connectivity index (χ2n) is 7.45. The first-order valence-corrected chi connectivity index (χ1v) is 10.9. The van der Waals surface area contributed by atoms with E-state index in [9.17, 15) is 9.59 Å². The summed E-state index contributed by atoms with van der Waals surface area (Å²) in [7, 11) is 1.71. The van der Waals surface area contributed by atoms with E-state index in [1.165, 1.54) is 10.8 Å². The number of benzene rings is 2. The molecule has 0 atom stereocenters. The number of aromatic nitrogens is 2. The summed E-state index contributed by atoms with van der Waals surface area (Å²) >= 11 is 6.33. The molecule has 0 aliphatic carbocycles. The minimum Gasteiger partial charge on any atom is -0.352 e. The number of aryl methyl sites for hydroxylation is 2. The number of carbonyl (C=O) groups is 2. The molecule has 0 aliphatic heterocycles. The Morgan fingerprint density at radius 2 is 1.38 bits per heavy atom. The van der Waals surface area contributed by atoms with Crippen LogP contribution in [0.25, 0.3) is 6.08 Å². The molecule has 3 rings (SSSR count). The molecule has 0 fully saturated rings. The van der Waals surface area contributed by atoms with E-state index >= 15 is 0 Å². The fourth-order valence-corrected chi connectivity index (χ4v) is 3.54. The topological polar surface area (TPSA) is 76.0 Å². The van der Waals surface area contributed by atoms with Gasteiger partial charge in [-0.2, -0.15) is 5.10 Å². The van der Waals surface area contributed by atoms with Crippen molar-refractivity contribution in [1.29, 1.82) is 0 Å². The van der Waals surface area contributed by atoms with E-state index in [2.05, 4.69) is 15.7 Å². The van der Waals surface area contributed by atoms with Crippen molar-refractivity contribution in [3.63, 3.8) is 0 Å². The minimum atomic E-state index is -0.447. The summed E-state index contributed by atoms with van der Waals surface area (Å²) < 4.78 is 1.51. The summed E-state index contributed by atoms with van der Waals surface area (Å²) in [6, 6.07) is 19.7. The van der Waals surface area contributed by atoms with Crippen molar-refractivity contribution in [3.05, 3.63) is 93.8 Å². The number of amides is 2. The summed E-state index contributed by atoms with van der Waals surface area (Å²) in [6.45, 7) is 2.62. The van der Waals surface area contributed by atoms with E-state index in [1.807, 2.05) is 60.7 Å². The van der Waals surface area contributed by atoms with Crippen LogP contribution >= 0.6 is 11.6 Å². The first-order chi connectivity index (χ1) is 15.5. The molecule has 0 aliphatic rings. The van der Waals surface area contributed by atoms with Gasteiger partial charge in [-0.1, -0.05) is 72.3 Å². The number of carbonyl (C=O) groups excluding carboxylic acids is 2. The van der Waals surface area contributed by atoms with Gasteiger partial charge in [0.25, 0.3) is 11.8 Å². The number of rotatable bonds is 9. The first-order valence-electron chi connectivity index (χ1n) is 10.5. The van der Waals surface area contributed by atoms with Crippen molar-refractivity contribution in [3.8, 4) is 0 Å². The highest BCUT2D eigenvalue weighted by Gasteiger charge is 2.20. The van der Waals surface area contributed by atoms with Gasteiger partial charge in [-0.15, -0.1) is 0 Å². The molecule has 0 saturated heterocycles. The minimum absolute atomic E-state index is 0.00382. The molecule has 3 aromatic rings. The molecule has 0 radical (unpaired) electrons. The van der Waals surface area contributed by atoms with Gasteiger partial charge in [-0.25, -0.2) is 0 Å². The summed E-state index contributed by atoms with van der Waals surface area (Å²) in [4.78, 5) is 25.9. The molecule has 0 unspecified atom stereocenters. The molecule has 2 aromatic carbocycles. The van der Waals surface area contributed by atoms with Crippen molar-refractivity contribution in [2.75, 3.05) is 13.1 Å². The van der Waals surface area contributed by atoms with Gasteiger partial charge in [0.05, 0.1) is 5.69 Å². The fraction of sp³-hybridized carbons (Fsp3) is 0.240. The van der Waals surface area contributed by atoms with E-state index in [-0.39, 0.29) is 5.57 Å². The van der Waals surface area contributed by atoms with Crippen LogP contribution in [0, 0.1) is 6.92 Å². The van der Waals surface area contributed by atoms with Gasteiger partial charge in [0.15, 0.2) is 0 Å². The van der Waals surface area contributed by atoms with E-state index in [0.717, 1.165) is 11.1 Å². The van der Waals surface area contributed by atoms with Gasteiger partial charge in [-0.05, 0) is 37.0 Å².